The molecule has 2 aliphatic rings. The third-order valence-electron chi connectivity index (χ3n) is 6.12. The summed E-state index contributed by atoms with van der Waals surface area (Å²) < 4.78 is 32.8. The third kappa shape index (κ3) is 3.59. The highest BCUT2D eigenvalue weighted by Gasteiger charge is 2.36. The van der Waals surface area contributed by atoms with Gasteiger partial charge in [0.1, 0.15) is 6.54 Å². The van der Waals surface area contributed by atoms with Crippen LogP contribution in [-0.4, -0.2) is 47.2 Å². The number of rotatable bonds is 5. The van der Waals surface area contributed by atoms with Gasteiger partial charge in [-0.15, -0.1) is 0 Å². The quantitative estimate of drug-likeness (QED) is 0.645. The van der Waals surface area contributed by atoms with Crippen molar-refractivity contribution in [1.29, 1.82) is 0 Å². The lowest BCUT2D eigenvalue weighted by Gasteiger charge is -2.29. The Labute approximate surface area is 187 Å². The molecule has 0 bridgehead atoms. The maximum absolute atomic E-state index is 13.1. The highest BCUT2D eigenvalue weighted by atomic mass is 32.2. The lowest BCUT2D eigenvalue weighted by Crippen LogP contribution is -2.39. The Morgan fingerprint density at radius 2 is 1.72 bits per heavy atom. The molecule has 3 aromatic carbocycles. The zero-order valence-corrected chi connectivity index (χ0v) is 18.6. The number of nitrogens with zero attached hydrogens (tertiary/aromatic N) is 2. The van der Waals surface area contributed by atoms with Crippen molar-refractivity contribution >= 4 is 38.1 Å². The van der Waals surface area contributed by atoms with Crippen LogP contribution in [-0.2, 0) is 19.6 Å². The van der Waals surface area contributed by atoms with E-state index >= 15 is 0 Å². The molecule has 0 aromatic heterocycles. The maximum atomic E-state index is 13.1. The van der Waals surface area contributed by atoms with E-state index < -0.39 is 10.0 Å². The van der Waals surface area contributed by atoms with Gasteiger partial charge in [0.25, 0.3) is 10.0 Å². The first-order chi connectivity index (χ1) is 15.4. The molecule has 2 aliphatic heterocycles. The average Bonchev–Trinajstić information content (AvgIpc) is 3.03. The van der Waals surface area contributed by atoms with Gasteiger partial charge in [0.15, 0.2) is 0 Å². The second kappa shape index (κ2) is 8.11. The Morgan fingerprint density at radius 3 is 2.44 bits per heavy atom. The molecule has 1 fully saturated rings. The fourth-order valence-electron chi connectivity index (χ4n) is 4.42. The number of carbonyl (C=O) groups excluding carboxylic acids is 1. The fourth-order valence-corrected chi connectivity index (χ4v) is 6.09. The lowest BCUT2D eigenvalue weighted by molar-refractivity contribution is -0.120. The van der Waals surface area contributed by atoms with Crippen LogP contribution < -0.4 is 14.5 Å². The van der Waals surface area contributed by atoms with Crippen molar-refractivity contribution in [2.45, 2.75) is 17.9 Å². The van der Waals surface area contributed by atoms with Crippen LogP contribution in [0.5, 0.6) is 0 Å². The second-order valence-corrected chi connectivity index (χ2v) is 9.95. The first-order valence-corrected chi connectivity index (χ1v) is 12.2. The van der Waals surface area contributed by atoms with E-state index in [-0.39, 0.29) is 23.4 Å². The summed E-state index contributed by atoms with van der Waals surface area (Å²) in [7, 11) is -3.76. The van der Waals surface area contributed by atoms with Crippen molar-refractivity contribution in [3.63, 3.8) is 0 Å². The molecule has 32 heavy (non-hydrogen) atoms. The summed E-state index contributed by atoms with van der Waals surface area (Å²) in [6.45, 7) is 4.83. The molecule has 1 saturated heterocycles. The largest absolute Gasteiger partial charge is 0.378 e. The molecule has 1 amide bonds. The molecule has 2 heterocycles. The van der Waals surface area contributed by atoms with Gasteiger partial charge >= 0.3 is 0 Å². The van der Waals surface area contributed by atoms with Gasteiger partial charge in [-0.25, -0.2) is 8.42 Å². The van der Waals surface area contributed by atoms with E-state index in [1.807, 2.05) is 49.4 Å². The van der Waals surface area contributed by atoms with E-state index in [9.17, 15) is 13.2 Å². The van der Waals surface area contributed by atoms with Crippen molar-refractivity contribution in [3.8, 4) is 0 Å². The lowest BCUT2D eigenvalue weighted by atomic mass is 10.1. The van der Waals surface area contributed by atoms with E-state index in [2.05, 4.69) is 10.2 Å². The molecule has 0 radical (unpaired) electrons. The van der Waals surface area contributed by atoms with Crippen molar-refractivity contribution in [1.82, 2.24) is 5.32 Å². The Bertz CT molecular complexity index is 1260. The smallest absolute Gasteiger partial charge is 0.265 e. The summed E-state index contributed by atoms with van der Waals surface area (Å²) >= 11 is 0. The topological polar surface area (TPSA) is 79.0 Å². The molecule has 8 heteroatoms. The van der Waals surface area contributed by atoms with Crippen LogP contribution in [0.25, 0.3) is 10.8 Å². The zero-order chi connectivity index (χ0) is 22.3. The van der Waals surface area contributed by atoms with E-state index in [0.717, 1.165) is 42.9 Å². The average molecular weight is 452 g/mol. The molecule has 0 saturated carbocycles. The van der Waals surface area contributed by atoms with E-state index in [4.69, 9.17) is 4.74 Å². The van der Waals surface area contributed by atoms with Crippen LogP contribution in [0.4, 0.5) is 11.4 Å². The van der Waals surface area contributed by atoms with Crippen LogP contribution >= 0.6 is 0 Å². The molecule has 1 atom stereocenters. The van der Waals surface area contributed by atoms with Gasteiger partial charge in [-0.05, 0) is 42.1 Å². The van der Waals surface area contributed by atoms with Gasteiger partial charge in [-0.2, -0.15) is 0 Å². The molecular formula is C24H25N3O4S. The summed E-state index contributed by atoms with van der Waals surface area (Å²) in [4.78, 5) is 15.3. The Kier molecular flexibility index (Phi) is 5.27. The summed E-state index contributed by atoms with van der Waals surface area (Å²) in [6.07, 6.45) is 0. The van der Waals surface area contributed by atoms with Crippen LogP contribution in [0.2, 0.25) is 0 Å². The monoisotopic (exact) mass is 451 g/mol. The van der Waals surface area contributed by atoms with Gasteiger partial charge in [-0.3, -0.25) is 9.10 Å². The predicted molar refractivity (Wildman–Crippen MR) is 125 cm³/mol. The number of benzene rings is 3. The molecule has 5 rings (SSSR count). The van der Waals surface area contributed by atoms with Gasteiger partial charge in [0, 0.05) is 24.2 Å². The van der Waals surface area contributed by atoms with Crippen LogP contribution in [0.1, 0.15) is 18.5 Å². The first-order valence-electron chi connectivity index (χ1n) is 10.7. The number of morpholine rings is 1. The molecule has 1 N–H and O–H groups in total. The molecule has 1 unspecified atom stereocenters. The minimum atomic E-state index is -3.76. The Morgan fingerprint density at radius 1 is 1.03 bits per heavy atom. The Hall–Kier alpha value is -3.10. The highest BCUT2D eigenvalue weighted by Crippen LogP contribution is 2.41. The molecule has 7 nitrogen and oxygen atoms in total. The van der Waals surface area contributed by atoms with E-state index in [0.29, 0.717) is 11.1 Å². The summed E-state index contributed by atoms with van der Waals surface area (Å²) in [5, 5.41) is 4.46. The molecule has 166 valence electrons. The van der Waals surface area contributed by atoms with Crippen molar-refractivity contribution in [2.24, 2.45) is 0 Å². The zero-order valence-electron chi connectivity index (χ0n) is 17.8. The molecule has 3 aromatic rings. The summed E-state index contributed by atoms with van der Waals surface area (Å²) in [6, 6.07) is 18.5. The van der Waals surface area contributed by atoms with Gasteiger partial charge in [-0.1, -0.05) is 36.4 Å². The van der Waals surface area contributed by atoms with E-state index in [1.165, 1.54) is 4.31 Å². The third-order valence-corrected chi connectivity index (χ3v) is 7.92. The maximum Gasteiger partial charge on any atom is 0.265 e. The summed E-state index contributed by atoms with van der Waals surface area (Å²) in [5.41, 5.74) is 2.64. The van der Waals surface area contributed by atoms with Crippen LogP contribution in [0, 0.1) is 0 Å². The standard InChI is InChI=1S/C24H25N3O4S/c1-17(18-8-10-20(11-9-18)26-12-14-31-15-13-26)25-23(28)16-27-21-6-2-4-19-5-3-7-22(24(19)21)32(27,29)30/h2-11,17H,12-16H2,1H3,(H,25,28). The van der Waals surface area contributed by atoms with Crippen molar-refractivity contribution in [2.75, 3.05) is 42.1 Å². The fraction of sp³-hybridized carbons (Fsp3) is 0.292. The predicted octanol–water partition coefficient (Wildman–Crippen LogP) is 3.06. The number of amides is 1. The van der Waals surface area contributed by atoms with Crippen molar-refractivity contribution in [3.05, 3.63) is 66.2 Å². The van der Waals surface area contributed by atoms with Gasteiger partial charge in [0.2, 0.25) is 5.91 Å². The number of anilines is 2. The SMILES string of the molecule is CC(NC(=O)CN1c2cccc3cccc(c23)S1(=O)=O)c1ccc(N2CCOCC2)cc1. The Balaban J connectivity index is 1.29. The van der Waals surface area contributed by atoms with Gasteiger partial charge < -0.3 is 15.0 Å². The number of hydrogen-bond acceptors (Lipinski definition) is 5. The highest BCUT2D eigenvalue weighted by molar-refractivity contribution is 7.93. The molecule has 0 aliphatic carbocycles. The van der Waals surface area contributed by atoms with Crippen molar-refractivity contribution < 1.29 is 17.9 Å². The number of sulfonamides is 1. The number of ether oxygens (including phenoxy) is 1. The van der Waals surface area contributed by atoms with Gasteiger partial charge in [0.05, 0.1) is 29.8 Å². The number of nitrogens with one attached hydrogen (secondary N) is 1. The number of carbonyl (C=O) groups is 1. The second-order valence-electron chi connectivity index (χ2n) is 8.12. The first kappa shape index (κ1) is 20.8. The normalized spacial score (nSPS) is 18.0. The van der Waals surface area contributed by atoms with Crippen LogP contribution in [0.3, 0.4) is 0 Å². The minimum absolute atomic E-state index is 0.246. The minimum Gasteiger partial charge on any atom is -0.378 e. The molecular weight excluding hydrogens is 426 g/mol. The van der Waals surface area contributed by atoms with E-state index in [1.54, 1.807) is 18.2 Å². The van der Waals surface area contributed by atoms with Crippen LogP contribution in [0.15, 0.2) is 65.6 Å². The molecule has 0 spiro atoms. The summed E-state index contributed by atoms with van der Waals surface area (Å²) in [5.74, 6) is -0.344. The number of hydrogen-bond donors (Lipinski definition) is 1.